The van der Waals surface area contributed by atoms with Gasteiger partial charge in [0.15, 0.2) is 0 Å². The molecule has 0 radical (unpaired) electrons. The first-order chi connectivity index (χ1) is 5.72. The van der Waals surface area contributed by atoms with Gasteiger partial charge in [-0.1, -0.05) is 0 Å². The fraction of sp³-hybridized carbons (Fsp3) is 0.571. The van der Waals surface area contributed by atoms with Crippen LogP contribution in [0.5, 0.6) is 0 Å². The van der Waals surface area contributed by atoms with E-state index in [1.54, 1.807) is 6.07 Å². The van der Waals surface area contributed by atoms with E-state index in [2.05, 4.69) is 5.10 Å². The van der Waals surface area contributed by atoms with Gasteiger partial charge in [-0.15, -0.1) is 0 Å². The number of alkyl halides is 2. The van der Waals surface area contributed by atoms with Crippen LogP contribution in [0.4, 0.5) is 8.78 Å². The minimum absolute atomic E-state index is 0.343. The van der Waals surface area contributed by atoms with Gasteiger partial charge in [0, 0.05) is 12.6 Å². The Balaban J connectivity index is 2.52. The summed E-state index contributed by atoms with van der Waals surface area (Å²) in [5.74, 6) is 0. The average molecular weight is 175 g/mol. The monoisotopic (exact) mass is 175 g/mol. The number of halogens is 2. The van der Waals surface area contributed by atoms with E-state index >= 15 is 0 Å². The van der Waals surface area contributed by atoms with Crippen LogP contribution in [0.2, 0.25) is 0 Å². The van der Waals surface area contributed by atoms with Crippen molar-refractivity contribution in [2.75, 3.05) is 6.54 Å². The molecule has 0 amide bonds. The zero-order valence-electron chi connectivity index (χ0n) is 6.58. The Kier molecular flexibility index (Phi) is 3.16. The van der Waals surface area contributed by atoms with Gasteiger partial charge in [0.1, 0.15) is 6.54 Å². The average Bonchev–Trinajstić information content (AvgIpc) is 2.36. The quantitative estimate of drug-likeness (QED) is 0.730. The third-order valence-electron chi connectivity index (χ3n) is 1.42. The molecule has 1 heterocycles. The number of aromatic nitrogens is 2. The summed E-state index contributed by atoms with van der Waals surface area (Å²) in [7, 11) is 0. The van der Waals surface area contributed by atoms with Crippen LogP contribution in [-0.4, -0.2) is 22.8 Å². The molecule has 0 aliphatic rings. The molecular weight excluding hydrogens is 164 g/mol. The van der Waals surface area contributed by atoms with Crippen LogP contribution in [-0.2, 0) is 13.0 Å². The molecule has 0 unspecified atom stereocenters. The molecule has 0 aromatic carbocycles. The molecule has 0 bridgehead atoms. The maximum Gasteiger partial charge on any atom is 0.257 e. The summed E-state index contributed by atoms with van der Waals surface area (Å²) in [6.07, 6.45) is -0.177. The van der Waals surface area contributed by atoms with E-state index in [-0.39, 0.29) is 6.54 Å². The van der Waals surface area contributed by atoms with E-state index in [0.717, 1.165) is 5.69 Å². The lowest BCUT2D eigenvalue weighted by Gasteiger charge is -1.98. The van der Waals surface area contributed by atoms with Crippen molar-refractivity contribution < 1.29 is 8.78 Å². The van der Waals surface area contributed by atoms with Crippen LogP contribution in [0, 0.1) is 0 Å². The number of nitrogens with two attached hydrogens (primary N) is 1. The Bertz CT molecular complexity index is 234. The van der Waals surface area contributed by atoms with Crippen molar-refractivity contribution in [3.8, 4) is 0 Å². The van der Waals surface area contributed by atoms with E-state index < -0.39 is 6.43 Å². The molecule has 0 fully saturated rings. The minimum atomic E-state index is -2.35. The summed E-state index contributed by atoms with van der Waals surface area (Å²) in [4.78, 5) is 0. The Morgan fingerprint density at radius 2 is 2.33 bits per heavy atom. The molecule has 3 nitrogen and oxygen atoms in total. The number of hydrogen-bond donors (Lipinski definition) is 1. The summed E-state index contributed by atoms with van der Waals surface area (Å²) in [5, 5.41) is 3.90. The summed E-state index contributed by atoms with van der Waals surface area (Å²) in [6.45, 7) is 0.149. The summed E-state index contributed by atoms with van der Waals surface area (Å²) < 4.78 is 24.9. The van der Waals surface area contributed by atoms with Crippen molar-refractivity contribution in [2.24, 2.45) is 5.73 Å². The van der Waals surface area contributed by atoms with Crippen molar-refractivity contribution in [2.45, 2.75) is 19.4 Å². The van der Waals surface area contributed by atoms with Crippen LogP contribution in [0.15, 0.2) is 12.3 Å². The maximum atomic E-state index is 11.8. The van der Waals surface area contributed by atoms with Crippen molar-refractivity contribution in [3.05, 3.63) is 18.0 Å². The summed E-state index contributed by atoms with van der Waals surface area (Å²) in [5.41, 5.74) is 6.04. The van der Waals surface area contributed by atoms with Gasteiger partial charge in [0.2, 0.25) is 0 Å². The summed E-state index contributed by atoms with van der Waals surface area (Å²) >= 11 is 0. The molecule has 5 heteroatoms. The first-order valence-electron chi connectivity index (χ1n) is 3.73. The van der Waals surface area contributed by atoms with E-state index in [1.165, 1.54) is 10.9 Å². The highest BCUT2D eigenvalue weighted by Gasteiger charge is 2.04. The molecule has 1 rings (SSSR count). The number of rotatable bonds is 4. The van der Waals surface area contributed by atoms with Crippen LogP contribution in [0.3, 0.4) is 0 Å². The normalized spacial score (nSPS) is 11.0. The van der Waals surface area contributed by atoms with E-state index in [4.69, 9.17) is 5.73 Å². The standard InChI is InChI=1S/C7H11F2N3/c8-7(9)5-12-4-2-6(11-12)1-3-10/h2,4,7H,1,3,5,10H2. The molecule has 0 aliphatic carbocycles. The molecule has 0 aliphatic heterocycles. The molecular formula is C7H11F2N3. The van der Waals surface area contributed by atoms with Crippen molar-refractivity contribution >= 4 is 0 Å². The molecule has 0 atom stereocenters. The van der Waals surface area contributed by atoms with Gasteiger partial charge in [0.05, 0.1) is 5.69 Å². The second kappa shape index (κ2) is 4.15. The molecule has 68 valence electrons. The topological polar surface area (TPSA) is 43.8 Å². The van der Waals surface area contributed by atoms with Gasteiger partial charge in [-0.05, 0) is 12.6 Å². The lowest BCUT2D eigenvalue weighted by atomic mass is 10.3. The van der Waals surface area contributed by atoms with Crippen LogP contribution >= 0.6 is 0 Å². The van der Waals surface area contributed by atoms with Gasteiger partial charge < -0.3 is 5.73 Å². The van der Waals surface area contributed by atoms with Crippen molar-refractivity contribution in [1.82, 2.24) is 9.78 Å². The highest BCUT2D eigenvalue weighted by atomic mass is 19.3. The Morgan fingerprint density at radius 3 is 2.92 bits per heavy atom. The molecule has 12 heavy (non-hydrogen) atoms. The van der Waals surface area contributed by atoms with Gasteiger partial charge in [-0.2, -0.15) is 5.10 Å². The molecule has 0 saturated carbocycles. The lowest BCUT2D eigenvalue weighted by Crippen LogP contribution is -2.08. The van der Waals surface area contributed by atoms with Gasteiger partial charge in [-0.25, -0.2) is 8.78 Å². The molecule has 0 saturated heterocycles. The second-order valence-electron chi connectivity index (χ2n) is 2.46. The molecule has 2 N–H and O–H groups in total. The van der Waals surface area contributed by atoms with Gasteiger partial charge >= 0.3 is 0 Å². The van der Waals surface area contributed by atoms with Gasteiger partial charge in [-0.3, -0.25) is 4.68 Å². The molecule has 0 spiro atoms. The predicted molar refractivity (Wildman–Crippen MR) is 41.0 cm³/mol. The maximum absolute atomic E-state index is 11.8. The highest BCUT2D eigenvalue weighted by Crippen LogP contribution is 2.00. The Labute approximate surface area is 69.2 Å². The SMILES string of the molecule is NCCc1ccn(CC(F)F)n1. The Hall–Kier alpha value is -0.970. The lowest BCUT2D eigenvalue weighted by molar-refractivity contribution is 0.121. The van der Waals surface area contributed by atoms with Crippen LogP contribution in [0.25, 0.3) is 0 Å². The Morgan fingerprint density at radius 1 is 1.58 bits per heavy atom. The number of nitrogens with zero attached hydrogens (tertiary/aromatic N) is 2. The third-order valence-corrected chi connectivity index (χ3v) is 1.42. The fourth-order valence-electron chi connectivity index (χ4n) is 0.928. The largest absolute Gasteiger partial charge is 0.330 e. The first kappa shape index (κ1) is 9.12. The zero-order valence-corrected chi connectivity index (χ0v) is 6.58. The highest BCUT2D eigenvalue weighted by molar-refractivity contribution is 4.99. The molecule has 1 aromatic heterocycles. The van der Waals surface area contributed by atoms with Crippen molar-refractivity contribution in [1.29, 1.82) is 0 Å². The zero-order chi connectivity index (χ0) is 8.97. The van der Waals surface area contributed by atoms with Crippen molar-refractivity contribution in [3.63, 3.8) is 0 Å². The molecule has 1 aromatic rings. The number of hydrogen-bond acceptors (Lipinski definition) is 2. The minimum Gasteiger partial charge on any atom is -0.330 e. The fourth-order valence-corrected chi connectivity index (χ4v) is 0.928. The van der Waals surface area contributed by atoms with E-state index in [9.17, 15) is 8.78 Å². The first-order valence-corrected chi connectivity index (χ1v) is 3.73. The summed E-state index contributed by atoms with van der Waals surface area (Å²) in [6, 6.07) is 1.70. The van der Waals surface area contributed by atoms with Crippen LogP contribution < -0.4 is 5.73 Å². The van der Waals surface area contributed by atoms with E-state index in [1.807, 2.05) is 0 Å². The van der Waals surface area contributed by atoms with E-state index in [0.29, 0.717) is 13.0 Å². The second-order valence-corrected chi connectivity index (χ2v) is 2.46. The van der Waals surface area contributed by atoms with Crippen LogP contribution in [0.1, 0.15) is 5.69 Å². The predicted octanol–water partition coefficient (Wildman–Crippen LogP) is 0.649. The smallest absolute Gasteiger partial charge is 0.257 e. The van der Waals surface area contributed by atoms with Gasteiger partial charge in [0.25, 0.3) is 6.43 Å². The third kappa shape index (κ3) is 2.58.